The van der Waals surface area contributed by atoms with Gasteiger partial charge in [0.1, 0.15) is 17.6 Å². The van der Waals surface area contributed by atoms with Crippen LogP contribution in [-0.2, 0) is 22.7 Å². The topological polar surface area (TPSA) is 117 Å². The van der Waals surface area contributed by atoms with Crippen LogP contribution in [0, 0.1) is 5.82 Å². The largest absolute Gasteiger partial charge is 0.412 e. The molecule has 32 heavy (non-hydrogen) atoms. The van der Waals surface area contributed by atoms with Crippen LogP contribution in [0.4, 0.5) is 14.9 Å². The SMILES string of the molecule is [2H][C@]1(N2Cc3c(NCc4cc(OC(=O)NC)ccc4F)cccc3C2=O)CCC(=O)NC1=O. The predicted molar refractivity (Wildman–Crippen MR) is 111 cm³/mol. The van der Waals surface area contributed by atoms with E-state index >= 15 is 0 Å². The van der Waals surface area contributed by atoms with Gasteiger partial charge in [-0.3, -0.25) is 19.7 Å². The van der Waals surface area contributed by atoms with Gasteiger partial charge >= 0.3 is 6.09 Å². The van der Waals surface area contributed by atoms with Gasteiger partial charge in [-0.25, -0.2) is 9.18 Å². The average molecular weight is 441 g/mol. The summed E-state index contributed by atoms with van der Waals surface area (Å²) >= 11 is 0. The molecule has 0 saturated carbocycles. The highest BCUT2D eigenvalue weighted by Crippen LogP contribution is 2.32. The van der Waals surface area contributed by atoms with Gasteiger partial charge < -0.3 is 20.3 Å². The Kier molecular flexibility index (Phi) is 5.40. The molecule has 2 aromatic rings. The summed E-state index contributed by atoms with van der Waals surface area (Å²) in [4.78, 5) is 49.4. The van der Waals surface area contributed by atoms with Crippen LogP contribution in [0.2, 0.25) is 0 Å². The van der Waals surface area contributed by atoms with Crippen molar-refractivity contribution in [1.82, 2.24) is 15.5 Å². The lowest BCUT2D eigenvalue weighted by molar-refractivity contribution is -0.136. The molecule has 4 amide bonds. The summed E-state index contributed by atoms with van der Waals surface area (Å²) in [6.07, 6.45) is -0.810. The van der Waals surface area contributed by atoms with Gasteiger partial charge in [-0.2, -0.15) is 0 Å². The van der Waals surface area contributed by atoms with Crippen LogP contribution >= 0.6 is 0 Å². The first-order valence-corrected chi connectivity index (χ1v) is 9.93. The van der Waals surface area contributed by atoms with E-state index in [0.717, 1.165) is 4.90 Å². The molecule has 0 spiro atoms. The fraction of sp³-hybridized carbons (Fsp3) is 0.273. The minimum Gasteiger partial charge on any atom is -0.410 e. The molecule has 2 aromatic carbocycles. The summed E-state index contributed by atoms with van der Waals surface area (Å²) in [6.45, 7) is 0.0210. The Balaban J connectivity index is 1.54. The number of anilines is 1. The Bertz CT molecular complexity index is 1170. The monoisotopic (exact) mass is 441 g/mol. The minimum atomic E-state index is -1.89. The van der Waals surface area contributed by atoms with E-state index in [0.29, 0.717) is 16.8 Å². The van der Waals surface area contributed by atoms with Crippen LogP contribution in [-0.4, -0.2) is 41.8 Å². The Labute approximate surface area is 184 Å². The predicted octanol–water partition coefficient (Wildman–Crippen LogP) is 1.92. The molecule has 3 N–H and O–H groups in total. The Hall–Kier alpha value is -3.95. The van der Waals surface area contributed by atoms with Gasteiger partial charge in [-0.1, -0.05) is 6.07 Å². The number of piperidine rings is 1. The number of rotatable bonds is 5. The van der Waals surface area contributed by atoms with Crippen LogP contribution in [0.25, 0.3) is 0 Å². The summed E-state index contributed by atoms with van der Waals surface area (Å²) in [5.74, 6) is -2.13. The minimum absolute atomic E-state index is 0.00917. The first-order valence-electron chi connectivity index (χ1n) is 10.4. The first kappa shape index (κ1) is 20.0. The molecule has 166 valence electrons. The van der Waals surface area contributed by atoms with E-state index in [-0.39, 0.29) is 37.2 Å². The molecule has 2 aliphatic heterocycles. The molecule has 1 fully saturated rings. The number of fused-ring (bicyclic) bond motifs is 1. The summed E-state index contributed by atoms with van der Waals surface area (Å²) in [5.41, 5.74) is 1.67. The third-order valence-electron chi connectivity index (χ3n) is 5.30. The van der Waals surface area contributed by atoms with Crippen LogP contribution < -0.4 is 20.7 Å². The number of carbonyl (C=O) groups excluding carboxylic acids is 4. The Morgan fingerprint density at radius 3 is 2.88 bits per heavy atom. The smallest absolute Gasteiger partial charge is 0.410 e. The summed E-state index contributed by atoms with van der Waals surface area (Å²) in [7, 11) is 1.41. The molecule has 0 aliphatic carbocycles. The van der Waals surface area contributed by atoms with Gasteiger partial charge in [-0.15, -0.1) is 0 Å². The number of hydrogen-bond donors (Lipinski definition) is 3. The molecule has 10 heteroatoms. The number of nitrogens with zero attached hydrogens (tertiary/aromatic N) is 1. The van der Waals surface area contributed by atoms with Crippen molar-refractivity contribution < 1.29 is 29.7 Å². The maximum Gasteiger partial charge on any atom is 0.412 e. The van der Waals surface area contributed by atoms with Crippen molar-refractivity contribution in [1.29, 1.82) is 0 Å². The molecule has 0 radical (unpaired) electrons. The van der Waals surface area contributed by atoms with E-state index < -0.39 is 35.6 Å². The molecule has 0 bridgehead atoms. The van der Waals surface area contributed by atoms with Crippen LogP contribution in [0.5, 0.6) is 5.75 Å². The van der Waals surface area contributed by atoms with Crippen LogP contribution in [0.1, 0.15) is 35.7 Å². The van der Waals surface area contributed by atoms with Gasteiger partial charge in [0, 0.05) is 48.9 Å². The molecule has 2 heterocycles. The Morgan fingerprint density at radius 2 is 2.12 bits per heavy atom. The molecule has 0 unspecified atom stereocenters. The zero-order valence-corrected chi connectivity index (χ0v) is 17.2. The number of hydrogen-bond acceptors (Lipinski definition) is 6. The van der Waals surface area contributed by atoms with Crippen molar-refractivity contribution >= 4 is 29.5 Å². The van der Waals surface area contributed by atoms with Gasteiger partial charge in [-0.05, 0) is 36.8 Å². The van der Waals surface area contributed by atoms with Gasteiger partial charge in [0.15, 0.2) is 0 Å². The Morgan fingerprint density at radius 1 is 1.31 bits per heavy atom. The number of imide groups is 1. The third-order valence-corrected chi connectivity index (χ3v) is 5.30. The molecule has 4 rings (SSSR count). The van der Waals surface area contributed by atoms with E-state index in [1.807, 2.05) is 0 Å². The summed E-state index contributed by atoms with van der Waals surface area (Å²) < 4.78 is 27.9. The number of halogens is 1. The van der Waals surface area contributed by atoms with Crippen molar-refractivity contribution in [3.63, 3.8) is 0 Å². The number of carbonyl (C=O) groups is 4. The second-order valence-corrected chi connectivity index (χ2v) is 7.29. The fourth-order valence-electron chi connectivity index (χ4n) is 3.68. The van der Waals surface area contributed by atoms with E-state index in [1.165, 1.54) is 25.2 Å². The summed E-state index contributed by atoms with van der Waals surface area (Å²) in [6, 6.07) is 6.96. The normalized spacial score (nSPS) is 20.4. The van der Waals surface area contributed by atoms with Crippen molar-refractivity contribution in [3.05, 3.63) is 58.9 Å². The molecule has 2 aliphatic rings. The lowest BCUT2D eigenvalue weighted by Gasteiger charge is -2.29. The molecule has 0 aromatic heterocycles. The lowest BCUT2D eigenvalue weighted by Crippen LogP contribution is -2.52. The maximum absolute atomic E-state index is 14.3. The highest BCUT2D eigenvalue weighted by atomic mass is 19.1. The van der Waals surface area contributed by atoms with Crippen molar-refractivity contribution in [3.8, 4) is 5.75 Å². The average Bonchev–Trinajstić information content (AvgIpc) is 3.14. The molecular weight excluding hydrogens is 419 g/mol. The fourth-order valence-corrected chi connectivity index (χ4v) is 3.68. The first-order chi connectivity index (χ1) is 15.7. The quantitative estimate of drug-likeness (QED) is 0.611. The zero-order chi connectivity index (χ0) is 23.8. The van der Waals surface area contributed by atoms with E-state index in [9.17, 15) is 23.6 Å². The van der Waals surface area contributed by atoms with Gasteiger partial charge in [0.2, 0.25) is 11.8 Å². The zero-order valence-electron chi connectivity index (χ0n) is 18.2. The van der Waals surface area contributed by atoms with Crippen molar-refractivity contribution in [2.24, 2.45) is 0 Å². The van der Waals surface area contributed by atoms with E-state index in [2.05, 4.69) is 16.0 Å². The molecule has 1 saturated heterocycles. The standard InChI is InChI=1S/C22H21FN4O5/c1-24-22(31)32-13-5-6-16(23)12(9-13)10-25-17-4-2-3-14-15(17)11-27(21(14)30)18-7-8-19(28)26-20(18)29/h2-6,9,18,25H,7-8,10-11H2,1H3,(H,24,31)(H,26,28,29)/t18-/m0/s1/i18D. The van der Waals surface area contributed by atoms with Crippen LogP contribution in [0.3, 0.4) is 0 Å². The van der Waals surface area contributed by atoms with Crippen LogP contribution in [0.15, 0.2) is 36.4 Å². The third kappa shape index (κ3) is 4.11. The molecular formula is C22H21FN4O5. The maximum atomic E-state index is 14.3. The summed E-state index contributed by atoms with van der Waals surface area (Å²) in [5, 5.41) is 7.52. The highest BCUT2D eigenvalue weighted by Gasteiger charge is 2.39. The molecule has 9 nitrogen and oxygen atoms in total. The number of amides is 4. The van der Waals surface area contributed by atoms with Gasteiger partial charge in [0.25, 0.3) is 5.91 Å². The number of nitrogens with one attached hydrogen (secondary N) is 3. The number of benzene rings is 2. The van der Waals surface area contributed by atoms with Crippen molar-refractivity contribution in [2.75, 3.05) is 12.4 Å². The van der Waals surface area contributed by atoms with E-state index in [4.69, 9.17) is 6.11 Å². The second-order valence-electron chi connectivity index (χ2n) is 7.29. The lowest BCUT2D eigenvalue weighted by atomic mass is 10.0. The van der Waals surface area contributed by atoms with Gasteiger partial charge in [0.05, 0.1) is 1.37 Å². The van der Waals surface area contributed by atoms with Crippen molar-refractivity contribution in [2.45, 2.75) is 31.9 Å². The van der Waals surface area contributed by atoms with E-state index in [1.54, 1.807) is 18.2 Å². The molecule has 1 atom stereocenters. The number of ether oxygens (including phenoxy) is 1. The highest BCUT2D eigenvalue weighted by molar-refractivity contribution is 6.06. The second kappa shape index (κ2) is 8.66.